The zero-order valence-electron chi connectivity index (χ0n) is 15.3. The van der Waals surface area contributed by atoms with E-state index in [9.17, 15) is 22.0 Å². The molecule has 0 aromatic heterocycles. The summed E-state index contributed by atoms with van der Waals surface area (Å²) in [5.74, 6) is -2.98. The molecule has 1 amide bonds. The fourth-order valence-corrected chi connectivity index (χ4v) is 4.09. The molecule has 1 fully saturated rings. The Kier molecular flexibility index (Phi) is 5.98. The molecular weight excluding hydrogens is 388 g/mol. The fraction of sp³-hybridized carbons (Fsp3) is 0.350. The van der Waals surface area contributed by atoms with Crippen molar-refractivity contribution in [1.29, 1.82) is 0 Å². The van der Waals surface area contributed by atoms with Gasteiger partial charge in [-0.15, -0.1) is 0 Å². The summed E-state index contributed by atoms with van der Waals surface area (Å²) in [6.45, 7) is 3.06. The lowest BCUT2D eigenvalue weighted by molar-refractivity contribution is 0.0735. The van der Waals surface area contributed by atoms with Gasteiger partial charge in [0.05, 0.1) is 17.5 Å². The van der Waals surface area contributed by atoms with Crippen LogP contribution in [0.25, 0.3) is 0 Å². The molecule has 28 heavy (non-hydrogen) atoms. The quantitative estimate of drug-likeness (QED) is 0.722. The minimum absolute atomic E-state index is 0.0901. The van der Waals surface area contributed by atoms with Crippen molar-refractivity contribution in [2.75, 3.05) is 13.2 Å². The third-order valence-corrected chi connectivity index (χ3v) is 6.15. The van der Waals surface area contributed by atoms with Crippen molar-refractivity contribution in [3.8, 4) is 5.75 Å². The summed E-state index contributed by atoms with van der Waals surface area (Å²) in [5, 5.41) is 0. The van der Waals surface area contributed by atoms with Crippen LogP contribution in [0.2, 0.25) is 0 Å². The Balaban J connectivity index is 1.79. The lowest BCUT2D eigenvalue weighted by Gasteiger charge is -2.25. The van der Waals surface area contributed by atoms with Gasteiger partial charge in [-0.2, -0.15) is 8.78 Å². The predicted octanol–water partition coefficient (Wildman–Crippen LogP) is 4.06. The maximum atomic E-state index is 12.9. The summed E-state index contributed by atoms with van der Waals surface area (Å²) in [7, 11) is -4.67. The van der Waals surface area contributed by atoms with Crippen molar-refractivity contribution in [1.82, 2.24) is 4.90 Å². The lowest BCUT2D eigenvalue weighted by atomic mass is 10.0. The normalized spacial score (nSPS) is 17.1. The smallest absolute Gasteiger partial charge is 0.341 e. The van der Waals surface area contributed by atoms with E-state index in [4.69, 9.17) is 4.74 Å². The second-order valence-electron chi connectivity index (χ2n) is 6.49. The van der Waals surface area contributed by atoms with E-state index in [1.165, 1.54) is 12.1 Å². The van der Waals surface area contributed by atoms with Gasteiger partial charge in [0.1, 0.15) is 5.75 Å². The first kappa shape index (κ1) is 20.3. The molecule has 0 radical (unpaired) electrons. The number of hydrogen-bond donors (Lipinski definition) is 0. The molecule has 150 valence electrons. The molecule has 0 bridgehead atoms. The van der Waals surface area contributed by atoms with Crippen molar-refractivity contribution >= 4 is 15.7 Å². The Labute approximate surface area is 162 Å². The molecule has 1 saturated heterocycles. The molecule has 1 heterocycles. The van der Waals surface area contributed by atoms with E-state index >= 15 is 0 Å². The molecule has 0 aliphatic carbocycles. The Morgan fingerprint density at radius 1 is 1.14 bits per heavy atom. The molecule has 1 aliphatic rings. The zero-order valence-corrected chi connectivity index (χ0v) is 16.2. The van der Waals surface area contributed by atoms with E-state index in [2.05, 4.69) is 0 Å². The molecule has 8 heteroatoms. The Morgan fingerprint density at radius 3 is 2.36 bits per heavy atom. The number of carbonyl (C=O) groups is 1. The average Bonchev–Trinajstić information content (AvgIpc) is 3.18. The number of rotatable bonds is 6. The molecule has 5 nitrogen and oxygen atoms in total. The second-order valence-corrected chi connectivity index (χ2v) is 8.41. The van der Waals surface area contributed by atoms with Crippen molar-refractivity contribution in [3.05, 3.63) is 59.7 Å². The fourth-order valence-electron chi connectivity index (χ4n) is 3.37. The van der Waals surface area contributed by atoms with Crippen LogP contribution in [0, 0.1) is 0 Å². The van der Waals surface area contributed by atoms with E-state index < -0.39 is 20.5 Å². The summed E-state index contributed by atoms with van der Waals surface area (Å²) in [4.78, 5) is 14.1. The van der Waals surface area contributed by atoms with E-state index in [0.717, 1.165) is 36.3 Å². The predicted molar refractivity (Wildman–Crippen MR) is 100 cm³/mol. The van der Waals surface area contributed by atoms with Crippen LogP contribution in [0.1, 0.15) is 41.7 Å². The molecule has 3 rings (SSSR count). The number of ether oxygens (including phenoxy) is 1. The van der Waals surface area contributed by atoms with E-state index in [0.29, 0.717) is 13.2 Å². The zero-order chi connectivity index (χ0) is 20.3. The van der Waals surface area contributed by atoms with Gasteiger partial charge in [-0.1, -0.05) is 12.1 Å². The van der Waals surface area contributed by atoms with Crippen molar-refractivity contribution in [2.45, 2.75) is 36.5 Å². The second kappa shape index (κ2) is 8.26. The first-order chi connectivity index (χ1) is 13.3. The topological polar surface area (TPSA) is 63.7 Å². The number of likely N-dealkylation sites (tertiary alicyclic amines) is 1. The third-order valence-electron chi connectivity index (χ3n) is 4.75. The molecule has 0 spiro atoms. The maximum absolute atomic E-state index is 12.9. The number of hydrogen-bond acceptors (Lipinski definition) is 4. The molecule has 0 saturated carbocycles. The van der Waals surface area contributed by atoms with E-state index in [1.54, 1.807) is 4.90 Å². The van der Waals surface area contributed by atoms with Crippen LogP contribution in [0.15, 0.2) is 53.4 Å². The highest BCUT2D eigenvalue weighted by atomic mass is 32.2. The Hall–Kier alpha value is -2.48. The van der Waals surface area contributed by atoms with Gasteiger partial charge in [0.25, 0.3) is 5.91 Å². The SMILES string of the molecule is CCOc1ccc([C@@H]2CCCN2C(=O)c2ccc(S(=O)(=O)C(F)F)cc2)cc1. The van der Waals surface area contributed by atoms with Crippen molar-refractivity contribution < 1.29 is 26.7 Å². The molecule has 1 atom stereocenters. The third kappa shape index (κ3) is 4.01. The summed E-state index contributed by atoms with van der Waals surface area (Å²) in [6.07, 6.45) is 1.67. The molecular formula is C20H21F2NO4S. The minimum Gasteiger partial charge on any atom is -0.494 e. The lowest BCUT2D eigenvalue weighted by Crippen LogP contribution is -2.30. The van der Waals surface area contributed by atoms with Crippen LogP contribution in [0.3, 0.4) is 0 Å². The van der Waals surface area contributed by atoms with Crippen LogP contribution in [0.5, 0.6) is 5.75 Å². The van der Waals surface area contributed by atoms with Gasteiger partial charge in [0.15, 0.2) is 0 Å². The molecule has 2 aromatic carbocycles. The highest BCUT2D eigenvalue weighted by Gasteiger charge is 2.31. The van der Waals surface area contributed by atoms with Gasteiger partial charge < -0.3 is 9.64 Å². The monoisotopic (exact) mass is 409 g/mol. The number of sulfone groups is 1. The molecule has 2 aromatic rings. The summed E-state index contributed by atoms with van der Waals surface area (Å²) in [6, 6.07) is 12.2. The van der Waals surface area contributed by atoms with Crippen LogP contribution >= 0.6 is 0 Å². The molecule has 0 N–H and O–H groups in total. The summed E-state index contributed by atoms with van der Waals surface area (Å²) >= 11 is 0. The van der Waals surface area contributed by atoms with Crippen LogP contribution in [-0.2, 0) is 9.84 Å². The summed E-state index contributed by atoms with van der Waals surface area (Å²) in [5.41, 5.74) is 1.26. The first-order valence-electron chi connectivity index (χ1n) is 9.00. The van der Waals surface area contributed by atoms with Gasteiger partial charge >= 0.3 is 5.76 Å². The number of amides is 1. The largest absolute Gasteiger partial charge is 0.494 e. The minimum atomic E-state index is -4.67. The number of carbonyl (C=O) groups excluding carboxylic acids is 1. The van der Waals surface area contributed by atoms with Crippen molar-refractivity contribution in [2.24, 2.45) is 0 Å². The number of halogens is 2. The average molecular weight is 409 g/mol. The number of benzene rings is 2. The van der Waals surface area contributed by atoms with Gasteiger partial charge in [-0.05, 0) is 61.7 Å². The van der Waals surface area contributed by atoms with Crippen LogP contribution < -0.4 is 4.74 Å². The van der Waals surface area contributed by atoms with Gasteiger partial charge in [0.2, 0.25) is 9.84 Å². The van der Waals surface area contributed by atoms with Crippen LogP contribution in [-0.4, -0.2) is 38.1 Å². The van der Waals surface area contributed by atoms with Gasteiger partial charge in [0, 0.05) is 12.1 Å². The molecule has 0 unspecified atom stereocenters. The van der Waals surface area contributed by atoms with Gasteiger partial charge in [-0.3, -0.25) is 4.79 Å². The van der Waals surface area contributed by atoms with E-state index in [-0.39, 0.29) is 17.5 Å². The summed E-state index contributed by atoms with van der Waals surface area (Å²) < 4.78 is 53.8. The first-order valence-corrected chi connectivity index (χ1v) is 10.5. The Morgan fingerprint density at radius 2 is 1.79 bits per heavy atom. The molecule has 1 aliphatic heterocycles. The van der Waals surface area contributed by atoms with Crippen LogP contribution in [0.4, 0.5) is 8.78 Å². The highest BCUT2D eigenvalue weighted by Crippen LogP contribution is 2.34. The standard InChI is InChI=1S/C20H21F2NO4S/c1-2-27-16-9-5-14(6-10-16)18-4-3-13-23(18)19(24)15-7-11-17(12-8-15)28(25,26)20(21)22/h5-12,18,20H,2-4,13H2,1H3/t18-/m0/s1. The number of alkyl halides is 2. The Bertz CT molecular complexity index is 928. The van der Waals surface area contributed by atoms with Crippen molar-refractivity contribution in [3.63, 3.8) is 0 Å². The maximum Gasteiger partial charge on any atom is 0.341 e. The van der Waals surface area contributed by atoms with Gasteiger partial charge in [-0.25, -0.2) is 8.42 Å². The number of nitrogens with zero attached hydrogens (tertiary/aromatic N) is 1. The van der Waals surface area contributed by atoms with E-state index in [1.807, 2.05) is 31.2 Å². The highest BCUT2D eigenvalue weighted by molar-refractivity contribution is 7.91.